The van der Waals surface area contributed by atoms with E-state index in [1.54, 1.807) is 12.1 Å². The van der Waals surface area contributed by atoms with Crippen LogP contribution < -0.4 is 5.73 Å². The molecule has 0 bridgehead atoms. The molecular weight excluding hydrogens is 218 g/mol. The third-order valence-corrected chi connectivity index (χ3v) is 2.30. The van der Waals surface area contributed by atoms with Crippen LogP contribution in [0.2, 0.25) is 0 Å². The summed E-state index contributed by atoms with van der Waals surface area (Å²) >= 11 is 0. The Morgan fingerprint density at radius 1 is 1.29 bits per heavy atom. The minimum Gasteiger partial charge on any atom is -0.399 e. The Morgan fingerprint density at radius 2 is 2.06 bits per heavy atom. The zero-order valence-electron chi connectivity index (χ0n) is 9.72. The molecule has 0 atom stereocenters. The number of aromatic nitrogens is 2. The normalized spacial score (nSPS) is 10.6. The van der Waals surface area contributed by atoms with E-state index in [2.05, 4.69) is 10.1 Å². The van der Waals surface area contributed by atoms with Crippen LogP contribution in [-0.2, 0) is 11.2 Å². The Morgan fingerprint density at radius 3 is 2.76 bits per heavy atom. The lowest BCUT2D eigenvalue weighted by Crippen LogP contribution is -1.99. The Labute approximate surface area is 99.6 Å². The summed E-state index contributed by atoms with van der Waals surface area (Å²) in [4.78, 5) is 4.28. The van der Waals surface area contributed by atoms with Crippen LogP contribution >= 0.6 is 0 Å². The molecule has 0 fully saturated rings. The number of hydrogen-bond acceptors (Lipinski definition) is 5. The number of nitrogen functional groups attached to an aromatic ring is 1. The molecule has 1 aromatic heterocycles. The number of nitrogens with two attached hydrogens (primary N) is 1. The van der Waals surface area contributed by atoms with Gasteiger partial charge in [-0.3, -0.25) is 0 Å². The van der Waals surface area contributed by atoms with Crippen LogP contribution in [0.4, 0.5) is 5.69 Å². The molecule has 0 spiro atoms. The first-order valence-corrected chi connectivity index (χ1v) is 5.56. The first-order valence-electron chi connectivity index (χ1n) is 5.56. The van der Waals surface area contributed by atoms with Gasteiger partial charge in [0.1, 0.15) is 0 Å². The fourth-order valence-electron chi connectivity index (χ4n) is 1.41. The van der Waals surface area contributed by atoms with Crippen molar-refractivity contribution < 1.29 is 9.26 Å². The van der Waals surface area contributed by atoms with Gasteiger partial charge in [0.2, 0.25) is 0 Å². The summed E-state index contributed by atoms with van der Waals surface area (Å²) in [6.45, 7) is 3.26. The van der Waals surface area contributed by atoms with Gasteiger partial charge in [0.25, 0.3) is 5.89 Å². The highest BCUT2D eigenvalue weighted by atomic mass is 16.5. The lowest BCUT2D eigenvalue weighted by Gasteiger charge is -1.95. The monoisotopic (exact) mass is 233 g/mol. The number of rotatable bonds is 5. The molecule has 2 aromatic rings. The first-order chi connectivity index (χ1) is 8.29. The number of benzene rings is 1. The highest BCUT2D eigenvalue weighted by molar-refractivity contribution is 5.56. The van der Waals surface area contributed by atoms with E-state index in [0.717, 1.165) is 5.56 Å². The molecule has 17 heavy (non-hydrogen) atoms. The predicted octanol–water partition coefficient (Wildman–Crippen LogP) is 1.90. The summed E-state index contributed by atoms with van der Waals surface area (Å²) in [6, 6.07) is 7.32. The third-order valence-electron chi connectivity index (χ3n) is 2.30. The Kier molecular flexibility index (Phi) is 3.72. The molecule has 90 valence electrons. The van der Waals surface area contributed by atoms with Crippen molar-refractivity contribution in [3.8, 4) is 11.5 Å². The predicted molar refractivity (Wildman–Crippen MR) is 64.3 cm³/mol. The van der Waals surface area contributed by atoms with Crippen LogP contribution in [-0.4, -0.2) is 23.4 Å². The molecule has 0 aliphatic carbocycles. The van der Waals surface area contributed by atoms with Crippen LogP contribution in [0, 0.1) is 0 Å². The van der Waals surface area contributed by atoms with Crippen molar-refractivity contribution in [3.05, 3.63) is 30.1 Å². The Balaban J connectivity index is 2.04. The first kappa shape index (κ1) is 11.6. The SMILES string of the molecule is CCOCCc1noc(-c2ccc(N)cc2)n1. The molecule has 0 radical (unpaired) electrons. The Bertz CT molecular complexity index is 465. The van der Waals surface area contributed by atoms with Crippen LogP contribution in [0.25, 0.3) is 11.5 Å². The summed E-state index contributed by atoms with van der Waals surface area (Å²) in [5, 5.41) is 3.89. The van der Waals surface area contributed by atoms with E-state index in [1.807, 2.05) is 19.1 Å². The van der Waals surface area contributed by atoms with Crippen molar-refractivity contribution in [2.24, 2.45) is 0 Å². The molecule has 1 aromatic carbocycles. The van der Waals surface area contributed by atoms with E-state index in [0.29, 0.717) is 37.0 Å². The summed E-state index contributed by atoms with van der Waals surface area (Å²) in [5.74, 6) is 1.17. The zero-order valence-corrected chi connectivity index (χ0v) is 9.72. The third kappa shape index (κ3) is 3.04. The van der Waals surface area contributed by atoms with E-state index in [-0.39, 0.29) is 0 Å². The van der Waals surface area contributed by atoms with Gasteiger partial charge in [0.15, 0.2) is 5.82 Å². The lowest BCUT2D eigenvalue weighted by molar-refractivity contribution is 0.149. The molecule has 0 amide bonds. The van der Waals surface area contributed by atoms with E-state index in [4.69, 9.17) is 15.0 Å². The van der Waals surface area contributed by atoms with Crippen molar-refractivity contribution in [2.45, 2.75) is 13.3 Å². The highest BCUT2D eigenvalue weighted by Crippen LogP contribution is 2.18. The van der Waals surface area contributed by atoms with Crippen LogP contribution in [0.1, 0.15) is 12.7 Å². The van der Waals surface area contributed by atoms with E-state index >= 15 is 0 Å². The molecule has 5 nitrogen and oxygen atoms in total. The van der Waals surface area contributed by atoms with Crippen LogP contribution in [0.5, 0.6) is 0 Å². The van der Waals surface area contributed by atoms with E-state index < -0.39 is 0 Å². The maximum absolute atomic E-state index is 5.61. The van der Waals surface area contributed by atoms with Gasteiger partial charge in [0, 0.05) is 24.3 Å². The molecule has 0 aliphatic rings. The van der Waals surface area contributed by atoms with Crippen molar-refractivity contribution in [1.29, 1.82) is 0 Å². The fourth-order valence-corrected chi connectivity index (χ4v) is 1.41. The van der Waals surface area contributed by atoms with Crippen molar-refractivity contribution >= 4 is 5.69 Å². The number of ether oxygens (including phenoxy) is 1. The minimum absolute atomic E-state index is 0.511. The average molecular weight is 233 g/mol. The lowest BCUT2D eigenvalue weighted by atomic mass is 10.2. The van der Waals surface area contributed by atoms with Crippen molar-refractivity contribution in [3.63, 3.8) is 0 Å². The molecule has 5 heteroatoms. The second kappa shape index (κ2) is 5.45. The topological polar surface area (TPSA) is 74.2 Å². The number of hydrogen-bond donors (Lipinski definition) is 1. The summed E-state index contributed by atoms with van der Waals surface area (Å²) in [6.07, 6.45) is 0.659. The second-order valence-corrected chi connectivity index (χ2v) is 3.58. The summed E-state index contributed by atoms with van der Waals surface area (Å²) < 4.78 is 10.4. The van der Waals surface area contributed by atoms with Gasteiger partial charge in [-0.15, -0.1) is 0 Å². The number of anilines is 1. The molecule has 1 heterocycles. The maximum Gasteiger partial charge on any atom is 0.257 e. The van der Waals surface area contributed by atoms with Gasteiger partial charge in [-0.2, -0.15) is 4.98 Å². The van der Waals surface area contributed by atoms with Gasteiger partial charge in [-0.05, 0) is 31.2 Å². The average Bonchev–Trinajstić information content (AvgIpc) is 2.79. The molecule has 0 saturated carbocycles. The van der Waals surface area contributed by atoms with E-state index in [9.17, 15) is 0 Å². The zero-order chi connectivity index (χ0) is 12.1. The van der Waals surface area contributed by atoms with Gasteiger partial charge >= 0.3 is 0 Å². The van der Waals surface area contributed by atoms with Gasteiger partial charge < -0.3 is 15.0 Å². The summed E-state index contributed by atoms with van der Waals surface area (Å²) in [5.41, 5.74) is 7.19. The minimum atomic E-state index is 0.511. The van der Waals surface area contributed by atoms with Gasteiger partial charge in [0.05, 0.1) is 6.61 Å². The molecule has 0 aliphatic heterocycles. The van der Waals surface area contributed by atoms with E-state index in [1.165, 1.54) is 0 Å². The van der Waals surface area contributed by atoms with Gasteiger partial charge in [-0.1, -0.05) is 5.16 Å². The summed E-state index contributed by atoms with van der Waals surface area (Å²) in [7, 11) is 0. The van der Waals surface area contributed by atoms with Crippen molar-refractivity contribution in [2.75, 3.05) is 18.9 Å². The molecular formula is C12H15N3O2. The molecule has 2 N–H and O–H groups in total. The van der Waals surface area contributed by atoms with Gasteiger partial charge in [-0.25, -0.2) is 0 Å². The quantitative estimate of drug-likeness (QED) is 0.630. The fraction of sp³-hybridized carbons (Fsp3) is 0.333. The molecule has 0 saturated heterocycles. The second-order valence-electron chi connectivity index (χ2n) is 3.58. The van der Waals surface area contributed by atoms with Crippen LogP contribution in [0.3, 0.4) is 0 Å². The van der Waals surface area contributed by atoms with Crippen LogP contribution in [0.15, 0.2) is 28.8 Å². The Hall–Kier alpha value is -1.88. The standard InChI is InChI=1S/C12H15N3O2/c1-2-16-8-7-11-14-12(17-15-11)9-3-5-10(13)6-4-9/h3-6H,2,7-8,13H2,1H3. The maximum atomic E-state index is 5.61. The largest absolute Gasteiger partial charge is 0.399 e. The highest BCUT2D eigenvalue weighted by Gasteiger charge is 2.08. The number of nitrogens with zero attached hydrogens (tertiary/aromatic N) is 2. The molecule has 0 unspecified atom stereocenters. The molecule has 2 rings (SSSR count). The van der Waals surface area contributed by atoms with Crippen molar-refractivity contribution in [1.82, 2.24) is 10.1 Å². The smallest absolute Gasteiger partial charge is 0.257 e.